The summed E-state index contributed by atoms with van der Waals surface area (Å²) >= 11 is 0. The van der Waals surface area contributed by atoms with E-state index in [2.05, 4.69) is 13.8 Å². The van der Waals surface area contributed by atoms with E-state index in [0.29, 0.717) is 44.4 Å². The van der Waals surface area contributed by atoms with E-state index in [1.54, 1.807) is 21.6 Å². The number of benzene rings is 1. The van der Waals surface area contributed by atoms with Crippen molar-refractivity contribution in [2.24, 2.45) is 5.92 Å². The second-order valence-electron chi connectivity index (χ2n) is 9.18. The number of nitrogens with zero attached hydrogens (tertiary/aromatic N) is 3. The molecule has 2 fully saturated rings. The van der Waals surface area contributed by atoms with E-state index in [1.165, 1.54) is 5.56 Å². The van der Waals surface area contributed by atoms with Crippen molar-refractivity contribution in [3.05, 3.63) is 29.8 Å². The van der Waals surface area contributed by atoms with E-state index < -0.39 is 6.10 Å². The van der Waals surface area contributed by atoms with Gasteiger partial charge in [0.15, 0.2) is 6.10 Å². The molecule has 3 amide bonds. The molecule has 0 radical (unpaired) electrons. The van der Waals surface area contributed by atoms with Crippen LogP contribution in [0.2, 0.25) is 0 Å². The van der Waals surface area contributed by atoms with Gasteiger partial charge in [0.05, 0.1) is 5.92 Å². The third-order valence-electron chi connectivity index (χ3n) is 6.24. The van der Waals surface area contributed by atoms with E-state index >= 15 is 0 Å². The molecule has 0 spiro atoms. The molecule has 1 aromatic rings. The van der Waals surface area contributed by atoms with Crippen LogP contribution in [0.25, 0.3) is 0 Å². The lowest BCUT2D eigenvalue weighted by atomic mass is 10.0. The summed E-state index contributed by atoms with van der Waals surface area (Å²) in [6.07, 6.45) is -0.296. The topological polar surface area (TPSA) is 70.2 Å². The Balaban J connectivity index is 1.49. The minimum atomic E-state index is -0.584. The molecular formula is C24H35N3O4. The highest BCUT2D eigenvalue weighted by atomic mass is 16.5. The minimum Gasteiger partial charge on any atom is -0.481 e. The van der Waals surface area contributed by atoms with Gasteiger partial charge in [0.25, 0.3) is 5.91 Å². The van der Waals surface area contributed by atoms with Crippen LogP contribution in [0.4, 0.5) is 0 Å². The molecule has 2 saturated heterocycles. The molecule has 2 heterocycles. The summed E-state index contributed by atoms with van der Waals surface area (Å²) in [7, 11) is 0. The van der Waals surface area contributed by atoms with Gasteiger partial charge in [-0.3, -0.25) is 14.4 Å². The SMILES string of the molecule is CC(Oc1ccc(C(C)C)cc1)C(=O)N1CCN(C(=O)C2CC(=O)N(C(C)C)C2)CC1. The number of likely N-dealkylation sites (tertiary alicyclic amines) is 1. The van der Waals surface area contributed by atoms with Crippen molar-refractivity contribution in [2.45, 2.75) is 59.1 Å². The Morgan fingerprint density at radius 3 is 2.03 bits per heavy atom. The van der Waals surface area contributed by atoms with E-state index in [1.807, 2.05) is 38.1 Å². The van der Waals surface area contributed by atoms with Crippen LogP contribution in [0.1, 0.15) is 52.5 Å². The van der Waals surface area contributed by atoms with Crippen LogP contribution in [0.5, 0.6) is 5.75 Å². The Labute approximate surface area is 185 Å². The monoisotopic (exact) mass is 429 g/mol. The normalized spacial score (nSPS) is 20.5. The Morgan fingerprint density at radius 2 is 1.52 bits per heavy atom. The van der Waals surface area contributed by atoms with Crippen LogP contribution < -0.4 is 4.74 Å². The fourth-order valence-electron chi connectivity index (χ4n) is 4.24. The highest BCUT2D eigenvalue weighted by Gasteiger charge is 2.38. The zero-order chi connectivity index (χ0) is 22.7. The van der Waals surface area contributed by atoms with Gasteiger partial charge in [-0.25, -0.2) is 0 Å². The van der Waals surface area contributed by atoms with Gasteiger partial charge in [-0.1, -0.05) is 26.0 Å². The van der Waals surface area contributed by atoms with Crippen molar-refractivity contribution in [1.82, 2.24) is 14.7 Å². The Bertz CT molecular complexity index is 798. The summed E-state index contributed by atoms with van der Waals surface area (Å²) in [5.41, 5.74) is 1.23. The zero-order valence-electron chi connectivity index (χ0n) is 19.3. The van der Waals surface area contributed by atoms with E-state index in [0.717, 1.165) is 0 Å². The maximum atomic E-state index is 12.9. The molecule has 7 nitrogen and oxygen atoms in total. The van der Waals surface area contributed by atoms with Crippen LogP contribution in [0.3, 0.4) is 0 Å². The maximum Gasteiger partial charge on any atom is 0.263 e. The molecule has 2 aliphatic heterocycles. The number of hydrogen-bond acceptors (Lipinski definition) is 4. The standard InChI is InChI=1S/C24H35N3O4/c1-16(2)19-6-8-21(9-7-19)31-18(5)23(29)25-10-12-26(13-11-25)24(30)20-14-22(28)27(15-20)17(3)4/h6-9,16-18,20H,10-15H2,1-5H3. The smallest absolute Gasteiger partial charge is 0.263 e. The van der Waals surface area contributed by atoms with Crippen LogP contribution in [-0.4, -0.2) is 77.3 Å². The van der Waals surface area contributed by atoms with Crippen molar-refractivity contribution < 1.29 is 19.1 Å². The van der Waals surface area contributed by atoms with Crippen LogP contribution in [0.15, 0.2) is 24.3 Å². The number of rotatable bonds is 6. The molecule has 1 aromatic carbocycles. The maximum absolute atomic E-state index is 12.9. The first kappa shape index (κ1) is 23.1. The molecule has 170 valence electrons. The average molecular weight is 430 g/mol. The number of carbonyl (C=O) groups excluding carboxylic acids is 3. The summed E-state index contributed by atoms with van der Waals surface area (Å²) in [5.74, 6) is 0.866. The second-order valence-corrected chi connectivity index (χ2v) is 9.18. The molecule has 0 N–H and O–H groups in total. The van der Waals surface area contributed by atoms with E-state index in [-0.39, 0.29) is 36.1 Å². The van der Waals surface area contributed by atoms with Gasteiger partial charge in [0.1, 0.15) is 5.75 Å². The third kappa shape index (κ3) is 5.38. The number of amides is 3. The first-order valence-electron chi connectivity index (χ1n) is 11.3. The quantitative estimate of drug-likeness (QED) is 0.697. The lowest BCUT2D eigenvalue weighted by molar-refractivity contribution is -0.145. The minimum absolute atomic E-state index is 0.0261. The van der Waals surface area contributed by atoms with Gasteiger partial charge in [-0.05, 0) is 44.4 Å². The van der Waals surface area contributed by atoms with Gasteiger partial charge in [0, 0.05) is 45.2 Å². The third-order valence-corrected chi connectivity index (χ3v) is 6.24. The number of hydrogen-bond donors (Lipinski definition) is 0. The van der Waals surface area contributed by atoms with Gasteiger partial charge < -0.3 is 19.4 Å². The largest absolute Gasteiger partial charge is 0.481 e. The van der Waals surface area contributed by atoms with Crippen LogP contribution in [-0.2, 0) is 14.4 Å². The summed E-state index contributed by atoms with van der Waals surface area (Å²) in [4.78, 5) is 43.1. The van der Waals surface area contributed by atoms with Crippen LogP contribution in [0, 0.1) is 5.92 Å². The highest BCUT2D eigenvalue weighted by molar-refractivity contribution is 5.89. The lowest BCUT2D eigenvalue weighted by Crippen LogP contribution is -2.54. The zero-order valence-corrected chi connectivity index (χ0v) is 19.3. The fraction of sp³-hybridized carbons (Fsp3) is 0.625. The summed E-state index contributed by atoms with van der Waals surface area (Å²) in [6.45, 7) is 12.4. The molecule has 2 unspecified atom stereocenters. The Morgan fingerprint density at radius 1 is 0.935 bits per heavy atom. The molecule has 0 bridgehead atoms. The Hall–Kier alpha value is -2.57. The predicted molar refractivity (Wildman–Crippen MR) is 119 cm³/mol. The van der Waals surface area contributed by atoms with Crippen molar-refractivity contribution in [3.63, 3.8) is 0 Å². The Kier molecular flexibility index (Phi) is 7.23. The lowest BCUT2D eigenvalue weighted by Gasteiger charge is -2.37. The van der Waals surface area contributed by atoms with Gasteiger partial charge in [-0.2, -0.15) is 0 Å². The average Bonchev–Trinajstić information content (AvgIpc) is 3.15. The second kappa shape index (κ2) is 9.71. The molecule has 0 aromatic heterocycles. The molecule has 31 heavy (non-hydrogen) atoms. The van der Waals surface area contributed by atoms with Gasteiger partial charge in [-0.15, -0.1) is 0 Å². The highest BCUT2D eigenvalue weighted by Crippen LogP contribution is 2.23. The molecule has 7 heteroatoms. The number of carbonyl (C=O) groups is 3. The van der Waals surface area contributed by atoms with E-state index in [9.17, 15) is 14.4 Å². The van der Waals surface area contributed by atoms with Gasteiger partial charge >= 0.3 is 0 Å². The summed E-state index contributed by atoms with van der Waals surface area (Å²) in [6, 6.07) is 7.96. The molecule has 2 aliphatic rings. The molecule has 0 aliphatic carbocycles. The molecule has 3 rings (SSSR count). The van der Waals surface area contributed by atoms with Crippen molar-refractivity contribution in [3.8, 4) is 5.75 Å². The van der Waals surface area contributed by atoms with E-state index in [4.69, 9.17) is 4.74 Å². The molecular weight excluding hydrogens is 394 g/mol. The number of ether oxygens (including phenoxy) is 1. The van der Waals surface area contributed by atoms with Crippen molar-refractivity contribution in [1.29, 1.82) is 0 Å². The van der Waals surface area contributed by atoms with Crippen molar-refractivity contribution in [2.75, 3.05) is 32.7 Å². The van der Waals surface area contributed by atoms with Crippen LogP contribution >= 0.6 is 0 Å². The molecule has 2 atom stereocenters. The number of piperazine rings is 1. The first-order valence-corrected chi connectivity index (χ1v) is 11.3. The fourth-order valence-corrected chi connectivity index (χ4v) is 4.24. The summed E-state index contributed by atoms with van der Waals surface area (Å²) < 4.78 is 5.85. The first-order chi connectivity index (χ1) is 14.7. The van der Waals surface area contributed by atoms with Crippen molar-refractivity contribution >= 4 is 17.7 Å². The predicted octanol–water partition coefficient (Wildman–Crippen LogP) is 2.51. The summed E-state index contributed by atoms with van der Waals surface area (Å²) in [5, 5.41) is 0. The van der Waals surface area contributed by atoms with Gasteiger partial charge in [0.2, 0.25) is 11.8 Å². The molecule has 0 saturated carbocycles.